The fourth-order valence-electron chi connectivity index (χ4n) is 1.16. The number of methoxy groups -OCH3 is 1. The van der Waals surface area contributed by atoms with E-state index in [2.05, 4.69) is 27.7 Å². The predicted octanol–water partition coefficient (Wildman–Crippen LogP) is 3.85. The molecular formula is C11H23ClO. The highest BCUT2D eigenvalue weighted by Gasteiger charge is 2.17. The Kier molecular flexibility index (Phi) is 5.98. The molecule has 1 nitrogen and oxygen atoms in total. The van der Waals surface area contributed by atoms with Gasteiger partial charge in [-0.25, -0.2) is 0 Å². The lowest BCUT2D eigenvalue weighted by atomic mass is 9.97. The van der Waals surface area contributed by atoms with Gasteiger partial charge in [-0.3, -0.25) is 0 Å². The molecule has 0 heterocycles. The summed E-state index contributed by atoms with van der Waals surface area (Å²) in [5.41, 5.74) is 0.00753. The summed E-state index contributed by atoms with van der Waals surface area (Å²) >= 11 is 6.15. The second-order valence-corrected chi connectivity index (χ2v) is 5.18. The Morgan fingerprint density at radius 1 is 1.31 bits per heavy atom. The fraction of sp³-hybridized carbons (Fsp3) is 1.00. The van der Waals surface area contributed by atoms with E-state index in [0.29, 0.717) is 11.3 Å². The molecule has 80 valence electrons. The Labute approximate surface area is 87.8 Å². The van der Waals surface area contributed by atoms with Gasteiger partial charge in [-0.05, 0) is 39.0 Å². The van der Waals surface area contributed by atoms with Gasteiger partial charge in [0.25, 0.3) is 0 Å². The van der Waals surface area contributed by atoms with Crippen molar-refractivity contribution in [3.8, 4) is 0 Å². The molecule has 13 heavy (non-hydrogen) atoms. The summed E-state index contributed by atoms with van der Waals surface area (Å²) in [7, 11) is 1.76. The normalized spacial score (nSPS) is 15.0. The zero-order valence-corrected chi connectivity index (χ0v) is 10.3. The molecule has 0 aromatic heterocycles. The number of hydrogen-bond donors (Lipinski definition) is 0. The topological polar surface area (TPSA) is 9.23 Å². The third-order valence-electron chi connectivity index (χ3n) is 2.53. The van der Waals surface area contributed by atoms with Crippen molar-refractivity contribution < 1.29 is 4.74 Å². The SMILES string of the molecule is COC(C)(C)CCCC(Cl)C(C)C. The first-order chi connectivity index (χ1) is 5.89. The third kappa shape index (κ3) is 6.34. The van der Waals surface area contributed by atoms with Crippen LogP contribution in [0, 0.1) is 5.92 Å². The number of ether oxygens (including phenoxy) is 1. The second-order valence-electron chi connectivity index (χ2n) is 4.62. The molecule has 2 heteroatoms. The minimum atomic E-state index is 0.00753. The molecule has 0 aliphatic heterocycles. The van der Waals surface area contributed by atoms with Crippen molar-refractivity contribution in [2.45, 2.75) is 57.9 Å². The van der Waals surface area contributed by atoms with Crippen LogP contribution in [0.4, 0.5) is 0 Å². The highest BCUT2D eigenvalue weighted by atomic mass is 35.5. The average molecular weight is 207 g/mol. The molecule has 0 amide bonds. The van der Waals surface area contributed by atoms with Crippen LogP contribution < -0.4 is 0 Å². The van der Waals surface area contributed by atoms with Gasteiger partial charge in [-0.1, -0.05) is 13.8 Å². The number of rotatable bonds is 6. The van der Waals surface area contributed by atoms with Crippen LogP contribution in [0.25, 0.3) is 0 Å². The lowest BCUT2D eigenvalue weighted by Crippen LogP contribution is -2.22. The first-order valence-electron chi connectivity index (χ1n) is 5.08. The van der Waals surface area contributed by atoms with Crippen LogP contribution in [0.5, 0.6) is 0 Å². The molecule has 1 atom stereocenters. The summed E-state index contributed by atoms with van der Waals surface area (Å²) in [6, 6.07) is 0. The van der Waals surface area contributed by atoms with E-state index in [0.717, 1.165) is 19.3 Å². The molecule has 0 N–H and O–H groups in total. The quantitative estimate of drug-likeness (QED) is 0.600. The molecular weight excluding hydrogens is 184 g/mol. The van der Waals surface area contributed by atoms with E-state index >= 15 is 0 Å². The standard InChI is InChI=1S/C11H23ClO/c1-9(2)10(12)7-6-8-11(3,4)13-5/h9-10H,6-8H2,1-5H3. The van der Waals surface area contributed by atoms with Crippen LogP contribution in [0.1, 0.15) is 47.0 Å². The molecule has 0 fully saturated rings. The molecule has 0 bridgehead atoms. The summed E-state index contributed by atoms with van der Waals surface area (Å²) < 4.78 is 5.34. The van der Waals surface area contributed by atoms with Crippen LogP contribution in [0.2, 0.25) is 0 Å². The van der Waals surface area contributed by atoms with Gasteiger partial charge in [0.2, 0.25) is 0 Å². The summed E-state index contributed by atoms with van der Waals surface area (Å²) in [6.45, 7) is 8.56. The molecule has 0 saturated carbocycles. The molecule has 0 aromatic rings. The maximum absolute atomic E-state index is 6.15. The minimum absolute atomic E-state index is 0.00753. The van der Waals surface area contributed by atoms with Crippen molar-refractivity contribution in [3.63, 3.8) is 0 Å². The lowest BCUT2D eigenvalue weighted by Gasteiger charge is -2.23. The Balaban J connectivity index is 3.56. The lowest BCUT2D eigenvalue weighted by molar-refractivity contribution is 0.0133. The van der Waals surface area contributed by atoms with Crippen LogP contribution in [0.3, 0.4) is 0 Å². The van der Waals surface area contributed by atoms with Crippen molar-refractivity contribution >= 4 is 11.6 Å². The van der Waals surface area contributed by atoms with Gasteiger partial charge in [0.05, 0.1) is 5.60 Å². The Morgan fingerprint density at radius 3 is 2.23 bits per heavy atom. The smallest absolute Gasteiger partial charge is 0.0622 e. The van der Waals surface area contributed by atoms with E-state index in [-0.39, 0.29) is 5.60 Å². The van der Waals surface area contributed by atoms with Crippen LogP contribution in [-0.2, 0) is 4.74 Å². The fourth-order valence-corrected chi connectivity index (χ4v) is 1.31. The number of halogens is 1. The van der Waals surface area contributed by atoms with Crippen LogP contribution >= 0.6 is 11.6 Å². The Bertz CT molecular complexity index is 132. The van der Waals surface area contributed by atoms with Crippen molar-refractivity contribution in [2.75, 3.05) is 7.11 Å². The summed E-state index contributed by atoms with van der Waals surface area (Å²) in [4.78, 5) is 0. The zero-order chi connectivity index (χ0) is 10.5. The van der Waals surface area contributed by atoms with E-state index in [4.69, 9.17) is 16.3 Å². The maximum Gasteiger partial charge on any atom is 0.0622 e. The summed E-state index contributed by atoms with van der Waals surface area (Å²) in [6.07, 6.45) is 3.32. The van der Waals surface area contributed by atoms with Crippen molar-refractivity contribution in [2.24, 2.45) is 5.92 Å². The molecule has 0 spiro atoms. The molecule has 0 aromatic carbocycles. The van der Waals surface area contributed by atoms with Gasteiger partial charge in [0.15, 0.2) is 0 Å². The van der Waals surface area contributed by atoms with E-state index in [1.807, 2.05) is 0 Å². The maximum atomic E-state index is 6.15. The van der Waals surface area contributed by atoms with Gasteiger partial charge in [-0.2, -0.15) is 0 Å². The molecule has 1 unspecified atom stereocenters. The molecule has 0 rings (SSSR count). The Hall–Kier alpha value is 0.250. The van der Waals surface area contributed by atoms with Gasteiger partial charge < -0.3 is 4.74 Å². The first kappa shape index (κ1) is 13.2. The van der Waals surface area contributed by atoms with E-state index in [1.54, 1.807) is 7.11 Å². The van der Waals surface area contributed by atoms with Crippen molar-refractivity contribution in [3.05, 3.63) is 0 Å². The van der Waals surface area contributed by atoms with Crippen LogP contribution in [-0.4, -0.2) is 18.1 Å². The number of alkyl halides is 1. The monoisotopic (exact) mass is 206 g/mol. The summed E-state index contributed by atoms with van der Waals surface area (Å²) in [5.74, 6) is 0.576. The van der Waals surface area contributed by atoms with Gasteiger partial charge in [0.1, 0.15) is 0 Å². The zero-order valence-electron chi connectivity index (χ0n) is 9.56. The Morgan fingerprint density at radius 2 is 1.85 bits per heavy atom. The van der Waals surface area contributed by atoms with Crippen molar-refractivity contribution in [1.82, 2.24) is 0 Å². The summed E-state index contributed by atoms with van der Waals surface area (Å²) in [5, 5.41) is 0.313. The van der Waals surface area contributed by atoms with Crippen molar-refractivity contribution in [1.29, 1.82) is 0 Å². The number of hydrogen-bond acceptors (Lipinski definition) is 1. The molecule has 0 saturated heterocycles. The predicted molar refractivity (Wildman–Crippen MR) is 59.4 cm³/mol. The van der Waals surface area contributed by atoms with E-state index < -0.39 is 0 Å². The van der Waals surface area contributed by atoms with E-state index in [1.165, 1.54) is 0 Å². The highest BCUT2D eigenvalue weighted by Crippen LogP contribution is 2.21. The van der Waals surface area contributed by atoms with Crippen LogP contribution in [0.15, 0.2) is 0 Å². The third-order valence-corrected chi connectivity index (χ3v) is 3.26. The first-order valence-corrected chi connectivity index (χ1v) is 5.52. The second kappa shape index (κ2) is 5.87. The van der Waals surface area contributed by atoms with Gasteiger partial charge in [0, 0.05) is 12.5 Å². The largest absolute Gasteiger partial charge is 0.379 e. The average Bonchev–Trinajstić information content (AvgIpc) is 2.04. The minimum Gasteiger partial charge on any atom is -0.379 e. The highest BCUT2D eigenvalue weighted by molar-refractivity contribution is 6.20. The molecule has 0 aliphatic carbocycles. The van der Waals surface area contributed by atoms with Gasteiger partial charge in [-0.15, -0.1) is 11.6 Å². The molecule has 0 radical (unpaired) electrons. The van der Waals surface area contributed by atoms with Gasteiger partial charge >= 0.3 is 0 Å². The van der Waals surface area contributed by atoms with E-state index in [9.17, 15) is 0 Å². The molecule has 0 aliphatic rings.